The van der Waals surface area contributed by atoms with Crippen molar-refractivity contribution in [2.75, 3.05) is 6.54 Å². The Morgan fingerprint density at radius 1 is 1.14 bits per heavy atom. The normalized spacial score (nSPS) is 10.8. The van der Waals surface area contributed by atoms with Gasteiger partial charge in [-0.3, -0.25) is 4.79 Å². The molecular weight excluding hydrogens is 265 g/mol. The van der Waals surface area contributed by atoms with Crippen molar-refractivity contribution in [3.63, 3.8) is 0 Å². The standard InChI is InChI=1S/C18H18FNO/c1-14-6-2-3-7-15(14)10-11-18(21)20-13-12-16-8-4-5-9-17(16)19/h2-11H,12-13H2,1H3,(H,20,21)/b11-10+. The Balaban J connectivity index is 1.83. The van der Waals surface area contributed by atoms with Crippen LogP contribution in [0.4, 0.5) is 4.39 Å². The first kappa shape index (κ1) is 15.0. The highest BCUT2D eigenvalue weighted by Gasteiger charge is 2.01. The van der Waals surface area contributed by atoms with E-state index in [9.17, 15) is 9.18 Å². The van der Waals surface area contributed by atoms with Crippen molar-refractivity contribution in [3.05, 3.63) is 77.1 Å². The number of halogens is 1. The average Bonchev–Trinajstić information content (AvgIpc) is 2.48. The van der Waals surface area contributed by atoms with Gasteiger partial charge in [0.15, 0.2) is 0 Å². The Kier molecular flexibility index (Phi) is 5.27. The van der Waals surface area contributed by atoms with Crippen LogP contribution in [0.3, 0.4) is 0 Å². The lowest BCUT2D eigenvalue weighted by molar-refractivity contribution is -0.116. The van der Waals surface area contributed by atoms with Crippen molar-refractivity contribution in [1.29, 1.82) is 0 Å². The third-order valence-electron chi connectivity index (χ3n) is 3.25. The number of amides is 1. The number of nitrogens with one attached hydrogen (secondary N) is 1. The van der Waals surface area contributed by atoms with E-state index in [0.29, 0.717) is 18.5 Å². The van der Waals surface area contributed by atoms with E-state index in [0.717, 1.165) is 11.1 Å². The SMILES string of the molecule is Cc1ccccc1/C=C/C(=O)NCCc1ccccc1F. The lowest BCUT2D eigenvalue weighted by Gasteiger charge is -2.04. The Labute approximate surface area is 124 Å². The minimum absolute atomic E-state index is 0.172. The van der Waals surface area contributed by atoms with Crippen LogP contribution in [0.1, 0.15) is 16.7 Å². The van der Waals surface area contributed by atoms with E-state index in [-0.39, 0.29) is 11.7 Å². The van der Waals surface area contributed by atoms with E-state index in [2.05, 4.69) is 5.32 Å². The van der Waals surface area contributed by atoms with E-state index in [1.165, 1.54) is 12.1 Å². The highest BCUT2D eigenvalue weighted by atomic mass is 19.1. The summed E-state index contributed by atoms with van der Waals surface area (Å²) in [5.41, 5.74) is 2.75. The van der Waals surface area contributed by atoms with E-state index in [1.807, 2.05) is 31.2 Å². The van der Waals surface area contributed by atoms with Crippen LogP contribution in [0.5, 0.6) is 0 Å². The highest BCUT2D eigenvalue weighted by molar-refractivity contribution is 5.91. The van der Waals surface area contributed by atoms with Crippen molar-refractivity contribution in [1.82, 2.24) is 5.32 Å². The molecule has 0 fully saturated rings. The van der Waals surface area contributed by atoms with E-state index < -0.39 is 0 Å². The summed E-state index contributed by atoms with van der Waals surface area (Å²) >= 11 is 0. The van der Waals surface area contributed by atoms with Gasteiger partial charge in [-0.25, -0.2) is 4.39 Å². The molecule has 0 heterocycles. The van der Waals surface area contributed by atoms with Gasteiger partial charge in [0.05, 0.1) is 0 Å². The number of rotatable bonds is 5. The Morgan fingerprint density at radius 3 is 2.62 bits per heavy atom. The zero-order valence-corrected chi connectivity index (χ0v) is 12.0. The van der Waals surface area contributed by atoms with Crippen LogP contribution in [0.15, 0.2) is 54.6 Å². The Hall–Kier alpha value is -2.42. The molecule has 2 nitrogen and oxygen atoms in total. The summed E-state index contributed by atoms with van der Waals surface area (Å²) in [6.07, 6.45) is 3.77. The minimum atomic E-state index is -0.234. The summed E-state index contributed by atoms with van der Waals surface area (Å²) in [7, 11) is 0. The lowest BCUT2D eigenvalue weighted by atomic mass is 10.1. The molecule has 0 atom stereocenters. The second kappa shape index (κ2) is 7.39. The van der Waals surface area contributed by atoms with Crippen LogP contribution in [-0.2, 0) is 11.2 Å². The Bertz CT molecular complexity index is 649. The molecule has 0 saturated carbocycles. The van der Waals surface area contributed by atoms with Gasteiger partial charge in [0.1, 0.15) is 5.82 Å². The van der Waals surface area contributed by atoms with Gasteiger partial charge >= 0.3 is 0 Å². The molecule has 2 aromatic carbocycles. The molecule has 108 valence electrons. The zero-order chi connectivity index (χ0) is 15.1. The third-order valence-corrected chi connectivity index (χ3v) is 3.25. The topological polar surface area (TPSA) is 29.1 Å². The fourth-order valence-corrected chi connectivity index (χ4v) is 2.02. The summed E-state index contributed by atoms with van der Waals surface area (Å²) in [4.78, 5) is 11.7. The maximum atomic E-state index is 13.4. The molecule has 0 aliphatic heterocycles. The molecular formula is C18H18FNO. The van der Waals surface area contributed by atoms with Gasteiger partial charge in [-0.2, -0.15) is 0 Å². The summed E-state index contributed by atoms with van der Waals surface area (Å²) < 4.78 is 13.4. The van der Waals surface area contributed by atoms with Gasteiger partial charge < -0.3 is 5.32 Å². The fraction of sp³-hybridized carbons (Fsp3) is 0.167. The van der Waals surface area contributed by atoms with E-state index >= 15 is 0 Å². The molecule has 1 amide bonds. The molecule has 0 saturated heterocycles. The summed E-state index contributed by atoms with van der Waals surface area (Å²) in [6.45, 7) is 2.41. The molecule has 0 aromatic heterocycles. The van der Waals surface area contributed by atoms with Crippen LogP contribution in [0.25, 0.3) is 6.08 Å². The molecule has 0 spiro atoms. The quantitative estimate of drug-likeness (QED) is 0.836. The average molecular weight is 283 g/mol. The second-order valence-corrected chi connectivity index (χ2v) is 4.82. The molecule has 0 radical (unpaired) electrons. The zero-order valence-electron chi connectivity index (χ0n) is 12.0. The number of aryl methyl sites for hydroxylation is 1. The summed E-state index contributed by atoms with van der Waals surface area (Å²) in [6, 6.07) is 14.4. The molecule has 0 bridgehead atoms. The Morgan fingerprint density at radius 2 is 1.86 bits per heavy atom. The number of hydrogen-bond acceptors (Lipinski definition) is 1. The maximum absolute atomic E-state index is 13.4. The van der Waals surface area contributed by atoms with Crippen LogP contribution >= 0.6 is 0 Å². The van der Waals surface area contributed by atoms with Gasteiger partial charge in [-0.05, 0) is 42.2 Å². The predicted octanol–water partition coefficient (Wildman–Crippen LogP) is 3.51. The maximum Gasteiger partial charge on any atom is 0.244 e. The van der Waals surface area contributed by atoms with Crippen molar-refractivity contribution >= 4 is 12.0 Å². The molecule has 2 aromatic rings. The van der Waals surface area contributed by atoms with Crippen molar-refractivity contribution in [2.24, 2.45) is 0 Å². The summed E-state index contributed by atoms with van der Waals surface area (Å²) in [5, 5.41) is 2.76. The van der Waals surface area contributed by atoms with Crippen LogP contribution in [-0.4, -0.2) is 12.5 Å². The van der Waals surface area contributed by atoms with Crippen molar-refractivity contribution < 1.29 is 9.18 Å². The number of hydrogen-bond donors (Lipinski definition) is 1. The first-order valence-electron chi connectivity index (χ1n) is 6.92. The monoisotopic (exact) mass is 283 g/mol. The molecule has 0 unspecified atom stereocenters. The number of carbonyl (C=O) groups is 1. The van der Waals surface area contributed by atoms with Crippen LogP contribution in [0.2, 0.25) is 0 Å². The minimum Gasteiger partial charge on any atom is -0.352 e. The second-order valence-electron chi connectivity index (χ2n) is 4.82. The molecule has 21 heavy (non-hydrogen) atoms. The fourth-order valence-electron chi connectivity index (χ4n) is 2.02. The molecule has 0 aliphatic rings. The van der Waals surface area contributed by atoms with Crippen molar-refractivity contribution in [2.45, 2.75) is 13.3 Å². The van der Waals surface area contributed by atoms with Gasteiger partial charge in [-0.1, -0.05) is 42.5 Å². The smallest absolute Gasteiger partial charge is 0.244 e. The first-order chi connectivity index (χ1) is 10.2. The van der Waals surface area contributed by atoms with Crippen LogP contribution < -0.4 is 5.32 Å². The molecule has 1 N–H and O–H groups in total. The van der Waals surface area contributed by atoms with E-state index in [1.54, 1.807) is 24.3 Å². The molecule has 0 aliphatic carbocycles. The van der Waals surface area contributed by atoms with Crippen molar-refractivity contribution in [3.8, 4) is 0 Å². The number of carbonyl (C=O) groups excluding carboxylic acids is 1. The summed E-state index contributed by atoms with van der Waals surface area (Å²) in [5.74, 6) is -0.406. The first-order valence-corrected chi connectivity index (χ1v) is 6.92. The van der Waals surface area contributed by atoms with Gasteiger partial charge in [0.25, 0.3) is 0 Å². The van der Waals surface area contributed by atoms with Crippen LogP contribution in [0, 0.1) is 12.7 Å². The van der Waals surface area contributed by atoms with Gasteiger partial charge in [0.2, 0.25) is 5.91 Å². The van der Waals surface area contributed by atoms with E-state index in [4.69, 9.17) is 0 Å². The largest absolute Gasteiger partial charge is 0.352 e. The van der Waals surface area contributed by atoms with Gasteiger partial charge in [0, 0.05) is 12.6 Å². The highest BCUT2D eigenvalue weighted by Crippen LogP contribution is 2.08. The predicted molar refractivity (Wildman–Crippen MR) is 83.3 cm³/mol. The molecule has 2 rings (SSSR count). The number of benzene rings is 2. The van der Waals surface area contributed by atoms with Gasteiger partial charge in [-0.15, -0.1) is 0 Å². The lowest BCUT2D eigenvalue weighted by Crippen LogP contribution is -2.23. The molecule has 3 heteroatoms. The third kappa shape index (κ3) is 4.56.